The molecule has 1 saturated carbocycles. The van der Waals surface area contributed by atoms with Crippen LogP contribution < -0.4 is 10.6 Å². The first kappa shape index (κ1) is 21.1. The molecule has 1 aromatic rings. The van der Waals surface area contributed by atoms with Crippen molar-refractivity contribution in [2.45, 2.75) is 38.6 Å². The molecule has 2 atom stereocenters. The molecular weight excluding hydrogens is 376 g/mol. The van der Waals surface area contributed by atoms with Gasteiger partial charge in [-0.05, 0) is 30.9 Å². The van der Waals surface area contributed by atoms with Crippen LogP contribution in [0, 0.1) is 5.92 Å². The van der Waals surface area contributed by atoms with Crippen molar-refractivity contribution in [3.05, 3.63) is 29.3 Å². The van der Waals surface area contributed by atoms with Gasteiger partial charge in [-0.25, -0.2) is 0 Å². The number of nitrogens with one attached hydrogen (secondary N) is 2. The molecule has 1 aliphatic carbocycles. The van der Waals surface area contributed by atoms with Gasteiger partial charge in [0.15, 0.2) is 0 Å². The van der Waals surface area contributed by atoms with E-state index in [2.05, 4.69) is 27.4 Å². The molecule has 28 heavy (non-hydrogen) atoms. The lowest BCUT2D eigenvalue weighted by Crippen LogP contribution is -2.52. The Bertz CT molecular complexity index is 676. The van der Waals surface area contributed by atoms with Gasteiger partial charge in [0.1, 0.15) is 0 Å². The average molecular weight is 407 g/mol. The number of amides is 2. The van der Waals surface area contributed by atoms with Crippen LogP contribution in [0.5, 0.6) is 0 Å². The molecule has 1 saturated heterocycles. The van der Waals surface area contributed by atoms with Crippen molar-refractivity contribution in [1.29, 1.82) is 0 Å². The molecule has 154 valence electrons. The van der Waals surface area contributed by atoms with Crippen molar-refractivity contribution in [1.82, 2.24) is 15.1 Å². The molecule has 6 nitrogen and oxygen atoms in total. The van der Waals surface area contributed by atoms with Crippen molar-refractivity contribution in [3.63, 3.8) is 0 Å². The van der Waals surface area contributed by atoms with Gasteiger partial charge in [0, 0.05) is 32.2 Å². The van der Waals surface area contributed by atoms with Gasteiger partial charge >= 0.3 is 0 Å². The molecular formula is C21H31ClN4O2. The number of rotatable bonds is 6. The van der Waals surface area contributed by atoms with Crippen LogP contribution in [0.3, 0.4) is 0 Å². The highest BCUT2D eigenvalue weighted by molar-refractivity contribution is 6.33. The molecule has 1 aromatic carbocycles. The lowest BCUT2D eigenvalue weighted by Gasteiger charge is -2.35. The highest BCUT2D eigenvalue weighted by Crippen LogP contribution is 2.23. The van der Waals surface area contributed by atoms with E-state index in [1.807, 2.05) is 12.1 Å². The van der Waals surface area contributed by atoms with Crippen LogP contribution in [-0.2, 0) is 9.59 Å². The zero-order valence-corrected chi connectivity index (χ0v) is 17.4. The molecule has 0 aromatic heterocycles. The first-order valence-corrected chi connectivity index (χ1v) is 10.7. The van der Waals surface area contributed by atoms with Crippen LogP contribution >= 0.6 is 11.6 Å². The molecule has 2 amide bonds. The molecule has 0 bridgehead atoms. The molecule has 0 spiro atoms. The third kappa shape index (κ3) is 6.19. The normalized spacial score (nSPS) is 23.9. The number of hydrogen-bond donors (Lipinski definition) is 2. The Morgan fingerprint density at radius 2 is 1.61 bits per heavy atom. The van der Waals surface area contributed by atoms with Crippen LogP contribution in [0.25, 0.3) is 0 Å². The minimum absolute atomic E-state index is 0.0643. The molecule has 0 radical (unpaired) electrons. The summed E-state index contributed by atoms with van der Waals surface area (Å²) in [4.78, 5) is 28.9. The van der Waals surface area contributed by atoms with Gasteiger partial charge in [-0.2, -0.15) is 0 Å². The lowest BCUT2D eigenvalue weighted by molar-refractivity contribution is -0.124. The Morgan fingerprint density at radius 3 is 2.25 bits per heavy atom. The molecule has 7 heteroatoms. The van der Waals surface area contributed by atoms with Gasteiger partial charge in [0.05, 0.1) is 23.8 Å². The average Bonchev–Trinajstić information content (AvgIpc) is 2.67. The summed E-state index contributed by atoms with van der Waals surface area (Å²) in [6.07, 6.45) is 4.80. The van der Waals surface area contributed by atoms with Crippen LogP contribution in [0.1, 0.15) is 32.6 Å². The number of carbonyl (C=O) groups excluding carboxylic acids is 2. The fourth-order valence-corrected chi connectivity index (χ4v) is 4.23. The Morgan fingerprint density at radius 1 is 1.00 bits per heavy atom. The van der Waals surface area contributed by atoms with Gasteiger partial charge in [-0.15, -0.1) is 0 Å². The van der Waals surface area contributed by atoms with E-state index in [1.165, 1.54) is 19.3 Å². The summed E-state index contributed by atoms with van der Waals surface area (Å²) < 4.78 is 0. The van der Waals surface area contributed by atoms with Crippen LogP contribution in [0.2, 0.25) is 5.02 Å². The number of halogens is 1. The second-order valence-electron chi connectivity index (χ2n) is 8.02. The topological polar surface area (TPSA) is 64.7 Å². The molecule has 2 aliphatic rings. The predicted molar refractivity (Wildman–Crippen MR) is 113 cm³/mol. The van der Waals surface area contributed by atoms with Crippen molar-refractivity contribution in [2.75, 3.05) is 44.6 Å². The third-order valence-corrected chi connectivity index (χ3v) is 6.13. The summed E-state index contributed by atoms with van der Waals surface area (Å²) in [5, 5.41) is 6.62. The van der Waals surface area contributed by atoms with Gasteiger partial charge in [-0.1, -0.05) is 43.5 Å². The van der Waals surface area contributed by atoms with Crippen molar-refractivity contribution < 1.29 is 9.59 Å². The molecule has 0 unspecified atom stereocenters. The molecule has 3 rings (SSSR count). The monoisotopic (exact) mass is 406 g/mol. The number of nitrogens with zero attached hydrogens (tertiary/aromatic N) is 2. The standard InChI is InChI=1S/C21H31ClN4O2/c1-16-6-2-4-8-18(16)23-20(27)14-25-10-12-26(13-11-25)15-21(28)24-19-9-5-3-7-17(19)22/h3,5,7,9,16,18H,2,4,6,8,10-15H2,1H3,(H,23,27)(H,24,28)/t16-,18-/m1/s1. The number of piperazine rings is 1. The highest BCUT2D eigenvalue weighted by atomic mass is 35.5. The smallest absolute Gasteiger partial charge is 0.238 e. The van der Waals surface area contributed by atoms with Crippen LogP contribution in [0.15, 0.2) is 24.3 Å². The lowest BCUT2D eigenvalue weighted by atomic mass is 9.86. The molecule has 1 heterocycles. The molecule has 2 fully saturated rings. The van der Waals surface area contributed by atoms with Crippen molar-refractivity contribution in [3.8, 4) is 0 Å². The molecule has 1 aliphatic heterocycles. The zero-order chi connectivity index (χ0) is 19.9. The second kappa shape index (κ2) is 10.2. The van der Waals surface area contributed by atoms with E-state index in [-0.39, 0.29) is 11.8 Å². The van der Waals surface area contributed by atoms with Gasteiger partial charge in [0.2, 0.25) is 11.8 Å². The first-order valence-electron chi connectivity index (χ1n) is 10.3. The zero-order valence-electron chi connectivity index (χ0n) is 16.6. The summed E-state index contributed by atoms with van der Waals surface area (Å²) in [5.41, 5.74) is 0.640. The summed E-state index contributed by atoms with van der Waals surface area (Å²) in [6, 6.07) is 7.57. The van der Waals surface area contributed by atoms with Gasteiger partial charge < -0.3 is 10.6 Å². The minimum Gasteiger partial charge on any atom is -0.352 e. The maximum Gasteiger partial charge on any atom is 0.238 e. The van der Waals surface area contributed by atoms with E-state index < -0.39 is 0 Å². The van der Waals surface area contributed by atoms with E-state index in [0.717, 1.165) is 32.6 Å². The van der Waals surface area contributed by atoms with Crippen molar-refractivity contribution in [2.24, 2.45) is 5.92 Å². The number of hydrogen-bond acceptors (Lipinski definition) is 4. The maximum atomic E-state index is 12.4. The SMILES string of the molecule is C[C@@H]1CCCC[C@H]1NC(=O)CN1CCN(CC(=O)Nc2ccccc2Cl)CC1. The van der Waals surface area contributed by atoms with Crippen LogP contribution in [0.4, 0.5) is 5.69 Å². The Balaban J connectivity index is 1.36. The Labute approximate surface area is 172 Å². The number of benzene rings is 1. The van der Waals surface area contributed by atoms with E-state index >= 15 is 0 Å². The fourth-order valence-electron chi connectivity index (χ4n) is 4.05. The van der Waals surface area contributed by atoms with E-state index in [1.54, 1.807) is 12.1 Å². The summed E-state index contributed by atoms with van der Waals surface area (Å²) in [6.45, 7) is 6.18. The van der Waals surface area contributed by atoms with Crippen molar-refractivity contribution >= 4 is 29.1 Å². The second-order valence-corrected chi connectivity index (χ2v) is 8.42. The quantitative estimate of drug-likeness (QED) is 0.762. The van der Waals surface area contributed by atoms with E-state index in [0.29, 0.717) is 35.8 Å². The Hall–Kier alpha value is -1.63. The summed E-state index contributed by atoms with van der Waals surface area (Å²) >= 11 is 6.08. The molecule has 2 N–H and O–H groups in total. The number of para-hydroxylation sites is 1. The van der Waals surface area contributed by atoms with Gasteiger partial charge in [-0.3, -0.25) is 19.4 Å². The largest absolute Gasteiger partial charge is 0.352 e. The summed E-state index contributed by atoms with van der Waals surface area (Å²) in [7, 11) is 0. The predicted octanol–water partition coefficient (Wildman–Crippen LogP) is 2.59. The number of anilines is 1. The van der Waals surface area contributed by atoms with E-state index in [4.69, 9.17) is 11.6 Å². The van der Waals surface area contributed by atoms with Crippen LogP contribution in [-0.4, -0.2) is 66.9 Å². The fraction of sp³-hybridized carbons (Fsp3) is 0.619. The minimum atomic E-state index is -0.0643. The first-order chi connectivity index (χ1) is 13.5. The maximum absolute atomic E-state index is 12.4. The summed E-state index contributed by atoms with van der Waals surface area (Å²) in [5.74, 6) is 0.639. The third-order valence-electron chi connectivity index (χ3n) is 5.81. The highest BCUT2D eigenvalue weighted by Gasteiger charge is 2.25. The Kier molecular flexibility index (Phi) is 7.71. The van der Waals surface area contributed by atoms with Gasteiger partial charge in [0.25, 0.3) is 0 Å². The number of carbonyl (C=O) groups is 2. The van der Waals surface area contributed by atoms with E-state index in [9.17, 15) is 9.59 Å².